The number of aromatic nitrogens is 3. The Labute approximate surface area is 99.4 Å². The molecule has 0 amide bonds. The molecule has 0 bridgehead atoms. The number of aryl methyl sites for hydroxylation is 1. The molecule has 0 aliphatic carbocycles. The van der Waals surface area contributed by atoms with Crippen molar-refractivity contribution < 1.29 is 9.53 Å². The van der Waals surface area contributed by atoms with Gasteiger partial charge in [0.2, 0.25) is 0 Å². The molecule has 0 aliphatic heterocycles. The van der Waals surface area contributed by atoms with E-state index in [2.05, 4.69) is 9.97 Å². The van der Waals surface area contributed by atoms with Crippen LogP contribution in [-0.4, -0.2) is 26.2 Å². The zero-order chi connectivity index (χ0) is 12.6. The monoisotopic (exact) mass is 233 g/mol. The summed E-state index contributed by atoms with van der Waals surface area (Å²) >= 11 is 0. The topological polar surface area (TPSA) is 57.0 Å². The Kier molecular flexibility index (Phi) is 2.61. The molecule has 5 nitrogen and oxygen atoms in total. The third kappa shape index (κ3) is 2.43. The van der Waals surface area contributed by atoms with E-state index in [0.717, 1.165) is 5.39 Å². The normalized spacial score (nSPS) is 11.8. The first-order chi connectivity index (χ1) is 7.87. The third-order valence-corrected chi connectivity index (χ3v) is 2.14. The van der Waals surface area contributed by atoms with Crippen LogP contribution in [0.15, 0.2) is 18.5 Å². The van der Waals surface area contributed by atoms with E-state index in [4.69, 9.17) is 4.74 Å². The molecule has 0 saturated heterocycles. The Morgan fingerprint density at radius 1 is 1.41 bits per heavy atom. The van der Waals surface area contributed by atoms with E-state index >= 15 is 0 Å². The number of hydrogen-bond donors (Lipinski definition) is 0. The number of carbonyl (C=O) groups excluding carboxylic acids is 1. The fourth-order valence-corrected chi connectivity index (χ4v) is 1.46. The number of fused-ring (bicyclic) bond motifs is 1. The van der Waals surface area contributed by atoms with Crippen LogP contribution in [0, 0.1) is 6.92 Å². The van der Waals surface area contributed by atoms with Gasteiger partial charge in [-0.15, -0.1) is 0 Å². The first kappa shape index (κ1) is 11.6. The van der Waals surface area contributed by atoms with Gasteiger partial charge in [0.1, 0.15) is 11.4 Å². The van der Waals surface area contributed by atoms with Gasteiger partial charge in [0.15, 0.2) is 5.65 Å². The third-order valence-electron chi connectivity index (χ3n) is 2.14. The van der Waals surface area contributed by atoms with Crippen LogP contribution in [0.1, 0.15) is 26.6 Å². The molecule has 0 aliphatic rings. The van der Waals surface area contributed by atoms with Gasteiger partial charge in [-0.3, -0.25) is 0 Å². The maximum atomic E-state index is 11.9. The Balaban J connectivity index is 2.42. The van der Waals surface area contributed by atoms with E-state index in [1.165, 1.54) is 4.57 Å². The lowest BCUT2D eigenvalue weighted by atomic mass is 10.2. The molecular formula is C12H15N3O2. The van der Waals surface area contributed by atoms with Crippen LogP contribution in [0.2, 0.25) is 0 Å². The Hall–Kier alpha value is -1.91. The van der Waals surface area contributed by atoms with Gasteiger partial charge in [-0.1, -0.05) is 0 Å². The van der Waals surface area contributed by atoms with Crippen molar-refractivity contribution in [2.75, 3.05) is 0 Å². The summed E-state index contributed by atoms with van der Waals surface area (Å²) in [6.07, 6.45) is 2.91. The number of nitrogens with zero attached hydrogens (tertiary/aromatic N) is 3. The summed E-state index contributed by atoms with van der Waals surface area (Å²) in [5.74, 6) is 0.626. The molecule has 0 fully saturated rings. The molecule has 0 unspecified atom stereocenters. The number of hydrogen-bond acceptors (Lipinski definition) is 4. The highest BCUT2D eigenvalue weighted by molar-refractivity contribution is 5.86. The maximum Gasteiger partial charge on any atom is 0.420 e. The van der Waals surface area contributed by atoms with Crippen molar-refractivity contribution in [2.24, 2.45) is 0 Å². The van der Waals surface area contributed by atoms with Crippen LogP contribution in [0.25, 0.3) is 11.0 Å². The minimum absolute atomic E-state index is 0.425. The smallest absolute Gasteiger partial charge is 0.420 e. The lowest BCUT2D eigenvalue weighted by Crippen LogP contribution is -2.26. The van der Waals surface area contributed by atoms with Gasteiger partial charge in [0.25, 0.3) is 0 Å². The van der Waals surface area contributed by atoms with E-state index in [9.17, 15) is 4.79 Å². The number of rotatable bonds is 0. The van der Waals surface area contributed by atoms with E-state index in [1.54, 1.807) is 25.4 Å². The summed E-state index contributed by atoms with van der Waals surface area (Å²) in [5, 5.41) is 0.821. The molecule has 0 radical (unpaired) electrons. The highest BCUT2D eigenvalue weighted by Gasteiger charge is 2.19. The van der Waals surface area contributed by atoms with Gasteiger partial charge in [-0.2, -0.15) is 0 Å². The SMILES string of the molecule is Cc1ncc2ccn(C(=O)OC(C)(C)C)c2n1. The molecule has 90 valence electrons. The predicted octanol–water partition coefficient (Wildman–Crippen LogP) is 2.52. The van der Waals surface area contributed by atoms with E-state index in [0.29, 0.717) is 11.5 Å². The Morgan fingerprint density at radius 2 is 2.12 bits per heavy atom. The molecule has 2 rings (SSSR count). The second-order valence-electron chi connectivity index (χ2n) is 4.86. The minimum atomic E-state index is -0.518. The number of ether oxygens (including phenoxy) is 1. The first-order valence-corrected chi connectivity index (χ1v) is 5.41. The zero-order valence-corrected chi connectivity index (χ0v) is 10.4. The lowest BCUT2D eigenvalue weighted by molar-refractivity contribution is 0.0543. The van der Waals surface area contributed by atoms with Gasteiger partial charge in [-0.25, -0.2) is 19.3 Å². The maximum absolute atomic E-state index is 11.9. The van der Waals surface area contributed by atoms with Crippen LogP contribution in [-0.2, 0) is 4.74 Å². The molecule has 5 heteroatoms. The summed E-state index contributed by atoms with van der Waals surface area (Å²) < 4.78 is 6.69. The molecular weight excluding hydrogens is 218 g/mol. The molecule has 0 saturated carbocycles. The fraction of sp³-hybridized carbons (Fsp3) is 0.417. The van der Waals surface area contributed by atoms with Crippen molar-refractivity contribution >= 4 is 17.1 Å². The average molecular weight is 233 g/mol. The molecule has 2 heterocycles. The van der Waals surface area contributed by atoms with Crippen LogP contribution < -0.4 is 0 Å². The Bertz CT molecular complexity index is 567. The summed E-state index contributed by atoms with van der Waals surface area (Å²) in [7, 11) is 0. The Morgan fingerprint density at radius 3 is 2.76 bits per heavy atom. The summed E-state index contributed by atoms with van der Waals surface area (Å²) in [6.45, 7) is 7.27. The molecule has 17 heavy (non-hydrogen) atoms. The zero-order valence-electron chi connectivity index (χ0n) is 10.4. The summed E-state index contributed by atoms with van der Waals surface area (Å²) in [5.41, 5.74) is 0.0576. The van der Waals surface area contributed by atoms with Crippen LogP contribution in [0.4, 0.5) is 4.79 Å². The fourth-order valence-electron chi connectivity index (χ4n) is 1.46. The first-order valence-electron chi connectivity index (χ1n) is 5.41. The van der Waals surface area contributed by atoms with Crippen molar-refractivity contribution in [1.29, 1.82) is 0 Å². The van der Waals surface area contributed by atoms with Crippen molar-refractivity contribution in [3.63, 3.8) is 0 Å². The second-order valence-corrected chi connectivity index (χ2v) is 4.86. The predicted molar refractivity (Wildman–Crippen MR) is 63.9 cm³/mol. The molecule has 2 aromatic heterocycles. The number of carbonyl (C=O) groups is 1. The molecule has 0 N–H and O–H groups in total. The lowest BCUT2D eigenvalue weighted by Gasteiger charge is -2.19. The van der Waals surface area contributed by atoms with Crippen LogP contribution in [0.3, 0.4) is 0 Å². The van der Waals surface area contributed by atoms with Crippen molar-refractivity contribution in [3.8, 4) is 0 Å². The molecule has 0 aromatic carbocycles. The van der Waals surface area contributed by atoms with Gasteiger partial charge < -0.3 is 4.74 Å². The van der Waals surface area contributed by atoms with Crippen molar-refractivity contribution in [2.45, 2.75) is 33.3 Å². The summed E-state index contributed by atoms with van der Waals surface area (Å²) in [6, 6.07) is 1.79. The largest absolute Gasteiger partial charge is 0.443 e. The van der Waals surface area contributed by atoms with Gasteiger partial charge in [0, 0.05) is 17.8 Å². The molecule has 0 spiro atoms. The molecule has 0 atom stereocenters. The van der Waals surface area contributed by atoms with Crippen LogP contribution >= 0.6 is 0 Å². The van der Waals surface area contributed by atoms with E-state index < -0.39 is 11.7 Å². The van der Waals surface area contributed by atoms with Gasteiger partial charge >= 0.3 is 6.09 Å². The standard InChI is InChI=1S/C12H15N3O2/c1-8-13-7-9-5-6-15(10(9)14-8)11(16)17-12(2,3)4/h5-7H,1-4H3. The van der Waals surface area contributed by atoms with Gasteiger partial charge in [-0.05, 0) is 33.8 Å². The quantitative estimate of drug-likeness (QED) is 0.701. The molecule has 2 aromatic rings. The highest BCUT2D eigenvalue weighted by Crippen LogP contribution is 2.15. The average Bonchev–Trinajstić information content (AvgIpc) is 2.57. The minimum Gasteiger partial charge on any atom is -0.443 e. The van der Waals surface area contributed by atoms with Gasteiger partial charge in [0.05, 0.1) is 0 Å². The van der Waals surface area contributed by atoms with Crippen LogP contribution in [0.5, 0.6) is 0 Å². The highest BCUT2D eigenvalue weighted by atomic mass is 16.6. The van der Waals surface area contributed by atoms with Crippen molar-refractivity contribution in [3.05, 3.63) is 24.3 Å². The second kappa shape index (κ2) is 3.84. The van der Waals surface area contributed by atoms with Crippen molar-refractivity contribution in [1.82, 2.24) is 14.5 Å². The summed E-state index contributed by atoms with van der Waals surface area (Å²) in [4.78, 5) is 20.2. The van der Waals surface area contributed by atoms with E-state index in [1.807, 2.05) is 20.8 Å². The van der Waals surface area contributed by atoms with E-state index in [-0.39, 0.29) is 0 Å².